The van der Waals surface area contributed by atoms with Crippen molar-refractivity contribution in [3.63, 3.8) is 0 Å². The number of amides is 1. The van der Waals surface area contributed by atoms with Gasteiger partial charge in [0.15, 0.2) is 6.61 Å². The Morgan fingerprint density at radius 2 is 1.88 bits per heavy atom. The van der Waals surface area contributed by atoms with Gasteiger partial charge < -0.3 is 9.64 Å². The van der Waals surface area contributed by atoms with Gasteiger partial charge in [0.2, 0.25) is 0 Å². The Bertz CT molecular complexity index is 775. The summed E-state index contributed by atoms with van der Waals surface area (Å²) >= 11 is 1.48. The van der Waals surface area contributed by atoms with Crippen molar-refractivity contribution < 1.29 is 14.3 Å². The molecule has 0 spiro atoms. The highest BCUT2D eigenvalue weighted by atomic mass is 32.2. The third kappa shape index (κ3) is 3.17. The highest BCUT2D eigenvalue weighted by Crippen LogP contribution is 2.31. The van der Waals surface area contributed by atoms with E-state index in [1.165, 1.54) is 11.8 Å². The molecule has 3 rings (SSSR count). The summed E-state index contributed by atoms with van der Waals surface area (Å²) in [6.45, 7) is 1.75. The summed E-state index contributed by atoms with van der Waals surface area (Å²) in [5, 5.41) is 0. The van der Waals surface area contributed by atoms with Crippen molar-refractivity contribution in [3.8, 4) is 0 Å². The van der Waals surface area contributed by atoms with Crippen LogP contribution in [0.15, 0.2) is 53.4 Å². The number of rotatable bonds is 4. The highest BCUT2D eigenvalue weighted by molar-refractivity contribution is 7.98. The maximum Gasteiger partial charge on any atom is 0.339 e. The highest BCUT2D eigenvalue weighted by Gasteiger charge is 2.31. The molecule has 124 valence electrons. The molecule has 2 aromatic rings. The molecule has 5 heteroatoms. The van der Waals surface area contributed by atoms with Crippen LogP contribution >= 0.6 is 11.8 Å². The van der Waals surface area contributed by atoms with Crippen LogP contribution in [0.2, 0.25) is 0 Å². The van der Waals surface area contributed by atoms with Crippen molar-refractivity contribution >= 4 is 29.3 Å². The molecule has 1 aliphatic heterocycles. The van der Waals surface area contributed by atoms with Crippen LogP contribution in [-0.2, 0) is 16.0 Å². The first-order chi connectivity index (χ1) is 11.6. The Balaban J connectivity index is 1.69. The van der Waals surface area contributed by atoms with E-state index in [9.17, 15) is 9.59 Å². The summed E-state index contributed by atoms with van der Waals surface area (Å²) in [7, 11) is 0. The fourth-order valence-corrected chi connectivity index (χ4v) is 3.62. The quantitative estimate of drug-likeness (QED) is 0.630. The van der Waals surface area contributed by atoms with Gasteiger partial charge in [-0.3, -0.25) is 4.79 Å². The molecule has 1 aliphatic rings. The fourth-order valence-electron chi connectivity index (χ4n) is 3.03. The van der Waals surface area contributed by atoms with Crippen LogP contribution in [0.1, 0.15) is 22.8 Å². The molecule has 4 nitrogen and oxygen atoms in total. The largest absolute Gasteiger partial charge is 0.452 e. The lowest BCUT2D eigenvalue weighted by Gasteiger charge is -2.22. The number of ether oxygens (including phenoxy) is 1. The topological polar surface area (TPSA) is 46.6 Å². The third-order valence-corrected chi connectivity index (χ3v) is 4.93. The summed E-state index contributed by atoms with van der Waals surface area (Å²) in [5.74, 6) is -0.657. The summed E-state index contributed by atoms with van der Waals surface area (Å²) < 4.78 is 5.26. The summed E-state index contributed by atoms with van der Waals surface area (Å²) in [5.41, 5.74) is 2.56. The van der Waals surface area contributed by atoms with Gasteiger partial charge in [-0.05, 0) is 43.4 Å². The molecule has 0 aromatic heterocycles. The van der Waals surface area contributed by atoms with Crippen LogP contribution in [0.25, 0.3) is 0 Å². The number of fused-ring (bicyclic) bond motifs is 1. The Kier molecular flexibility index (Phi) is 4.90. The molecule has 24 heavy (non-hydrogen) atoms. The first-order valence-corrected chi connectivity index (χ1v) is 9.04. The van der Waals surface area contributed by atoms with Gasteiger partial charge >= 0.3 is 5.97 Å². The molecule has 0 aliphatic carbocycles. The lowest BCUT2D eigenvalue weighted by molar-refractivity contribution is -0.122. The minimum Gasteiger partial charge on any atom is -0.452 e. The van der Waals surface area contributed by atoms with Crippen LogP contribution < -0.4 is 4.90 Å². The van der Waals surface area contributed by atoms with Crippen LogP contribution in [0.5, 0.6) is 0 Å². The van der Waals surface area contributed by atoms with Crippen molar-refractivity contribution in [3.05, 3.63) is 59.7 Å². The van der Waals surface area contributed by atoms with Gasteiger partial charge in [0.1, 0.15) is 0 Å². The van der Waals surface area contributed by atoms with Crippen molar-refractivity contribution in [2.75, 3.05) is 17.8 Å². The van der Waals surface area contributed by atoms with E-state index in [1.54, 1.807) is 17.0 Å². The molecule has 1 atom stereocenters. The molecule has 0 saturated carbocycles. The van der Waals surface area contributed by atoms with E-state index in [4.69, 9.17) is 4.74 Å². The number of anilines is 1. The average Bonchev–Trinajstić information content (AvgIpc) is 2.95. The second-order valence-electron chi connectivity index (χ2n) is 5.72. The summed E-state index contributed by atoms with van der Waals surface area (Å²) in [4.78, 5) is 27.4. The molecule has 0 saturated heterocycles. The predicted molar refractivity (Wildman–Crippen MR) is 95.6 cm³/mol. The number of esters is 1. The van der Waals surface area contributed by atoms with Crippen LogP contribution in [-0.4, -0.2) is 30.8 Å². The molecule has 0 unspecified atom stereocenters. The summed E-state index contributed by atoms with van der Waals surface area (Å²) in [6, 6.07) is 15.2. The number of hydrogen-bond acceptors (Lipinski definition) is 4. The number of para-hydroxylation sites is 1. The normalized spacial score (nSPS) is 15.9. The van der Waals surface area contributed by atoms with E-state index in [2.05, 4.69) is 0 Å². The molecule has 0 fully saturated rings. The Morgan fingerprint density at radius 3 is 2.67 bits per heavy atom. The fraction of sp³-hybridized carbons (Fsp3) is 0.263. The number of benzene rings is 2. The van der Waals surface area contributed by atoms with Gasteiger partial charge in [-0.1, -0.05) is 30.3 Å². The average molecular weight is 341 g/mol. The number of thioether (sulfide) groups is 1. The van der Waals surface area contributed by atoms with E-state index in [1.807, 2.05) is 49.6 Å². The minimum absolute atomic E-state index is 0.0760. The van der Waals surface area contributed by atoms with Crippen LogP contribution in [0.4, 0.5) is 5.69 Å². The van der Waals surface area contributed by atoms with E-state index < -0.39 is 5.97 Å². The lowest BCUT2D eigenvalue weighted by Crippen LogP contribution is -2.38. The Labute approximate surface area is 145 Å². The zero-order valence-corrected chi connectivity index (χ0v) is 14.5. The van der Waals surface area contributed by atoms with E-state index in [-0.39, 0.29) is 18.6 Å². The standard InChI is InChI=1S/C19H19NO3S/c1-13-11-14-7-3-5-9-16(14)20(13)18(21)12-23-19(22)15-8-4-6-10-17(15)24-2/h3-10,13H,11-12H2,1-2H3/t13-/m1/s1. The zero-order valence-electron chi connectivity index (χ0n) is 13.7. The molecule has 2 aromatic carbocycles. The Morgan fingerprint density at radius 1 is 1.17 bits per heavy atom. The van der Waals surface area contributed by atoms with Gasteiger partial charge in [0.25, 0.3) is 5.91 Å². The summed E-state index contributed by atoms with van der Waals surface area (Å²) in [6.07, 6.45) is 2.73. The SMILES string of the molecule is CSc1ccccc1C(=O)OCC(=O)N1c2ccccc2C[C@H]1C. The van der Waals surface area contributed by atoms with E-state index in [0.717, 1.165) is 22.6 Å². The maximum absolute atomic E-state index is 12.6. The predicted octanol–water partition coefficient (Wildman–Crippen LogP) is 3.54. The van der Waals surface area contributed by atoms with Gasteiger partial charge in [0, 0.05) is 16.6 Å². The third-order valence-electron chi connectivity index (χ3n) is 4.13. The molecule has 0 radical (unpaired) electrons. The smallest absolute Gasteiger partial charge is 0.339 e. The number of carbonyl (C=O) groups is 2. The van der Waals surface area contributed by atoms with Crippen LogP contribution in [0, 0.1) is 0 Å². The first-order valence-electron chi connectivity index (χ1n) is 7.82. The second kappa shape index (κ2) is 7.09. The van der Waals surface area contributed by atoms with Crippen molar-refractivity contribution in [2.45, 2.75) is 24.3 Å². The molecular formula is C19H19NO3S. The first kappa shape index (κ1) is 16.6. The van der Waals surface area contributed by atoms with Crippen molar-refractivity contribution in [2.24, 2.45) is 0 Å². The second-order valence-corrected chi connectivity index (χ2v) is 6.57. The van der Waals surface area contributed by atoms with Crippen molar-refractivity contribution in [1.29, 1.82) is 0 Å². The van der Waals surface area contributed by atoms with Gasteiger partial charge in [-0.15, -0.1) is 11.8 Å². The Hall–Kier alpha value is -2.27. The maximum atomic E-state index is 12.6. The van der Waals surface area contributed by atoms with E-state index in [0.29, 0.717) is 5.56 Å². The zero-order chi connectivity index (χ0) is 17.1. The molecule has 1 amide bonds. The van der Waals surface area contributed by atoms with Crippen LogP contribution in [0.3, 0.4) is 0 Å². The monoisotopic (exact) mass is 341 g/mol. The van der Waals surface area contributed by atoms with E-state index >= 15 is 0 Å². The van der Waals surface area contributed by atoms with Crippen molar-refractivity contribution in [1.82, 2.24) is 0 Å². The lowest BCUT2D eigenvalue weighted by atomic mass is 10.1. The van der Waals surface area contributed by atoms with Gasteiger partial charge in [-0.25, -0.2) is 4.79 Å². The molecule has 1 heterocycles. The number of hydrogen-bond donors (Lipinski definition) is 0. The van der Waals surface area contributed by atoms with Gasteiger partial charge in [-0.2, -0.15) is 0 Å². The number of carbonyl (C=O) groups excluding carboxylic acids is 2. The molecule has 0 bridgehead atoms. The minimum atomic E-state index is -0.464. The molecular weight excluding hydrogens is 322 g/mol. The molecule has 0 N–H and O–H groups in total. The number of nitrogens with zero attached hydrogens (tertiary/aromatic N) is 1. The van der Waals surface area contributed by atoms with Gasteiger partial charge in [0.05, 0.1) is 5.56 Å².